The number of methoxy groups -OCH3 is 1. The third-order valence-corrected chi connectivity index (χ3v) is 5.71. The van der Waals surface area contributed by atoms with Crippen LogP contribution in [-0.2, 0) is 15.6 Å². The second-order valence-corrected chi connectivity index (χ2v) is 8.20. The SMILES string of the molecule is CCC(C)(C)c1cc[c]c(-c2cccc(C(C)(C)CC)c2OCOC)c1.[LiH]. The number of ether oxygens (including phenoxy) is 2. The van der Waals surface area contributed by atoms with Crippen LogP contribution in [0.5, 0.6) is 5.75 Å². The molecule has 0 heterocycles. The van der Waals surface area contributed by atoms with E-state index in [0.29, 0.717) is 0 Å². The van der Waals surface area contributed by atoms with Crippen LogP contribution in [0.15, 0.2) is 36.4 Å². The Morgan fingerprint density at radius 3 is 2.22 bits per heavy atom. The molecule has 0 unspecified atom stereocenters. The fraction of sp³-hybridized carbons (Fsp3) is 0.500. The van der Waals surface area contributed by atoms with E-state index in [-0.39, 0.29) is 36.5 Å². The van der Waals surface area contributed by atoms with Crippen molar-refractivity contribution in [1.29, 1.82) is 0 Å². The maximum absolute atomic E-state index is 6.07. The van der Waals surface area contributed by atoms with Gasteiger partial charge < -0.3 is 9.47 Å². The zero-order valence-corrected chi connectivity index (χ0v) is 17.4. The zero-order chi connectivity index (χ0) is 19.4. The van der Waals surface area contributed by atoms with Crippen LogP contribution in [-0.4, -0.2) is 32.8 Å². The maximum atomic E-state index is 6.07. The molecule has 0 bridgehead atoms. The molecule has 2 aromatic rings. The van der Waals surface area contributed by atoms with Crippen molar-refractivity contribution in [3.8, 4) is 16.9 Å². The molecular formula is C24H34LiO2. The van der Waals surface area contributed by atoms with Crippen molar-refractivity contribution in [2.75, 3.05) is 13.9 Å². The zero-order valence-electron chi connectivity index (χ0n) is 17.4. The Morgan fingerprint density at radius 1 is 0.963 bits per heavy atom. The second-order valence-electron chi connectivity index (χ2n) is 8.20. The van der Waals surface area contributed by atoms with Crippen molar-refractivity contribution in [3.05, 3.63) is 53.6 Å². The molecule has 27 heavy (non-hydrogen) atoms. The van der Waals surface area contributed by atoms with Crippen LogP contribution in [0.25, 0.3) is 11.1 Å². The molecule has 0 aromatic heterocycles. The Balaban J connectivity index is 0.00000364. The van der Waals surface area contributed by atoms with Gasteiger partial charge in [0.2, 0.25) is 0 Å². The fourth-order valence-electron chi connectivity index (χ4n) is 2.99. The van der Waals surface area contributed by atoms with Crippen LogP contribution >= 0.6 is 0 Å². The molecule has 0 saturated heterocycles. The molecular weight excluding hydrogens is 327 g/mol. The van der Waals surface area contributed by atoms with E-state index in [9.17, 15) is 0 Å². The van der Waals surface area contributed by atoms with Crippen LogP contribution < -0.4 is 4.74 Å². The van der Waals surface area contributed by atoms with Gasteiger partial charge >= 0.3 is 18.9 Å². The molecule has 3 heteroatoms. The first-order valence-electron chi connectivity index (χ1n) is 9.54. The van der Waals surface area contributed by atoms with E-state index in [2.05, 4.69) is 77.9 Å². The number of hydrogen-bond acceptors (Lipinski definition) is 2. The van der Waals surface area contributed by atoms with E-state index < -0.39 is 0 Å². The molecule has 0 fully saturated rings. The van der Waals surface area contributed by atoms with Crippen molar-refractivity contribution in [2.24, 2.45) is 0 Å². The minimum atomic E-state index is 0. The van der Waals surface area contributed by atoms with Crippen molar-refractivity contribution < 1.29 is 9.47 Å². The van der Waals surface area contributed by atoms with Crippen LogP contribution in [0.4, 0.5) is 0 Å². The van der Waals surface area contributed by atoms with Gasteiger partial charge in [0.05, 0.1) is 0 Å². The molecule has 2 aromatic carbocycles. The first-order valence-corrected chi connectivity index (χ1v) is 9.54. The van der Waals surface area contributed by atoms with Crippen LogP contribution in [0.1, 0.15) is 65.5 Å². The van der Waals surface area contributed by atoms with E-state index in [1.54, 1.807) is 7.11 Å². The van der Waals surface area contributed by atoms with Crippen LogP contribution in [0.3, 0.4) is 0 Å². The summed E-state index contributed by atoms with van der Waals surface area (Å²) in [7, 11) is 1.66. The van der Waals surface area contributed by atoms with Crippen molar-refractivity contribution >= 4 is 18.9 Å². The van der Waals surface area contributed by atoms with E-state index in [0.717, 1.165) is 29.7 Å². The topological polar surface area (TPSA) is 18.5 Å². The van der Waals surface area contributed by atoms with Crippen molar-refractivity contribution in [3.63, 3.8) is 0 Å². The van der Waals surface area contributed by atoms with Gasteiger partial charge in [-0.1, -0.05) is 71.9 Å². The summed E-state index contributed by atoms with van der Waals surface area (Å²) in [6.07, 6.45) is 2.12. The Kier molecular flexibility index (Phi) is 8.68. The molecule has 0 aliphatic heterocycles. The van der Waals surface area contributed by atoms with E-state index in [1.165, 1.54) is 11.1 Å². The molecule has 2 rings (SSSR count). The van der Waals surface area contributed by atoms with Gasteiger partial charge in [-0.25, -0.2) is 0 Å². The molecule has 0 aliphatic carbocycles. The summed E-state index contributed by atoms with van der Waals surface area (Å²) in [5, 5.41) is 0. The summed E-state index contributed by atoms with van der Waals surface area (Å²) >= 11 is 0. The molecule has 0 saturated carbocycles. The van der Waals surface area contributed by atoms with Gasteiger partial charge in [0.1, 0.15) is 5.75 Å². The number of para-hydroxylation sites is 1. The summed E-state index contributed by atoms with van der Waals surface area (Å²) < 4.78 is 11.3. The summed E-state index contributed by atoms with van der Waals surface area (Å²) in [5.41, 5.74) is 4.85. The summed E-state index contributed by atoms with van der Waals surface area (Å²) in [6, 6.07) is 16.3. The predicted molar refractivity (Wildman–Crippen MR) is 117 cm³/mol. The monoisotopic (exact) mass is 361 g/mol. The molecule has 0 N–H and O–H groups in total. The Bertz CT molecular complexity index is 735. The van der Waals surface area contributed by atoms with E-state index >= 15 is 0 Å². The Labute approximate surface area is 177 Å². The van der Waals surface area contributed by atoms with Gasteiger partial charge in [-0.2, -0.15) is 0 Å². The van der Waals surface area contributed by atoms with Gasteiger partial charge in [0, 0.05) is 18.2 Å². The number of benzene rings is 2. The van der Waals surface area contributed by atoms with Gasteiger partial charge in [-0.15, -0.1) is 0 Å². The molecule has 0 amide bonds. The molecule has 0 spiro atoms. The average Bonchev–Trinajstić information content (AvgIpc) is 2.66. The average molecular weight is 361 g/mol. The summed E-state index contributed by atoms with van der Waals surface area (Å²) in [4.78, 5) is 0. The Morgan fingerprint density at radius 2 is 1.63 bits per heavy atom. The van der Waals surface area contributed by atoms with E-state index in [1.807, 2.05) is 6.07 Å². The van der Waals surface area contributed by atoms with Gasteiger partial charge in [-0.3, -0.25) is 0 Å². The molecule has 0 aliphatic rings. The van der Waals surface area contributed by atoms with Crippen molar-refractivity contribution in [2.45, 2.75) is 65.2 Å². The van der Waals surface area contributed by atoms with Crippen molar-refractivity contribution in [1.82, 2.24) is 0 Å². The van der Waals surface area contributed by atoms with Gasteiger partial charge in [-0.05, 0) is 46.9 Å². The quantitative estimate of drug-likeness (QED) is 0.433. The Hall–Kier alpha value is -1.20. The van der Waals surface area contributed by atoms with Crippen LogP contribution in [0, 0.1) is 6.07 Å². The molecule has 2 nitrogen and oxygen atoms in total. The molecule has 143 valence electrons. The first kappa shape index (κ1) is 23.8. The van der Waals surface area contributed by atoms with Gasteiger partial charge in [0.25, 0.3) is 0 Å². The molecule has 0 atom stereocenters. The van der Waals surface area contributed by atoms with Crippen LogP contribution in [0.2, 0.25) is 0 Å². The molecule has 1 radical (unpaired) electrons. The van der Waals surface area contributed by atoms with E-state index in [4.69, 9.17) is 9.47 Å². The third-order valence-electron chi connectivity index (χ3n) is 5.71. The second kappa shape index (κ2) is 9.83. The fourth-order valence-corrected chi connectivity index (χ4v) is 2.99. The summed E-state index contributed by atoms with van der Waals surface area (Å²) in [6.45, 7) is 13.8. The van der Waals surface area contributed by atoms with Gasteiger partial charge in [0.15, 0.2) is 6.79 Å². The number of hydrogen-bond donors (Lipinski definition) is 0. The minimum absolute atomic E-state index is 0. The normalized spacial score (nSPS) is 11.8. The number of rotatable bonds is 8. The predicted octanol–water partition coefficient (Wildman–Crippen LogP) is 5.86. The third kappa shape index (κ3) is 5.41. The summed E-state index contributed by atoms with van der Waals surface area (Å²) in [5.74, 6) is 0.906. The standard InChI is InChI=1S/C24H33O2.Li.H/c1-8-23(3,4)19-13-10-12-18(16-19)20-14-11-15-21(24(5,6)9-2)22(20)26-17-25-7;;/h10-11,13-16H,8-9,17H2,1-7H3;;. The first-order chi connectivity index (χ1) is 12.3.